The van der Waals surface area contributed by atoms with E-state index in [0.29, 0.717) is 0 Å². The third-order valence-electron chi connectivity index (χ3n) is 3.90. The molecule has 7 nitrogen and oxygen atoms in total. The van der Waals surface area contributed by atoms with Crippen LogP contribution in [0.2, 0.25) is 0 Å². The minimum absolute atomic E-state index is 0.773. The number of nitrogens with one attached hydrogen (secondary N) is 1. The van der Waals surface area contributed by atoms with Crippen molar-refractivity contribution >= 4 is 5.96 Å². The molecule has 7 heteroatoms. The summed E-state index contributed by atoms with van der Waals surface area (Å²) >= 11 is 0. The Morgan fingerprint density at radius 1 is 1.21 bits per heavy atom. The molecule has 1 heterocycles. The normalized spacial score (nSPS) is 16.0. The summed E-state index contributed by atoms with van der Waals surface area (Å²) in [5, 5.41) is 3.51. The van der Waals surface area contributed by atoms with Crippen LogP contribution in [0.5, 0.6) is 0 Å². The zero-order valence-corrected chi connectivity index (χ0v) is 15.8. The molecule has 1 saturated heterocycles. The highest BCUT2D eigenvalue weighted by molar-refractivity contribution is 5.80. The predicted octanol–water partition coefficient (Wildman–Crippen LogP) is 0.659. The molecule has 1 aliphatic rings. The number of ether oxygens (including phenoxy) is 3. The summed E-state index contributed by atoms with van der Waals surface area (Å²) in [6, 6.07) is 0. The van der Waals surface area contributed by atoms with Gasteiger partial charge in [-0.1, -0.05) is 0 Å². The summed E-state index contributed by atoms with van der Waals surface area (Å²) in [6.45, 7) is 11.5. The molecule has 0 aromatic rings. The number of hydrogen-bond acceptors (Lipinski definition) is 5. The van der Waals surface area contributed by atoms with Crippen LogP contribution < -0.4 is 5.32 Å². The summed E-state index contributed by atoms with van der Waals surface area (Å²) in [5.74, 6) is 1.01. The molecule has 1 rings (SSSR count). The number of morpholine rings is 1. The van der Waals surface area contributed by atoms with Crippen molar-refractivity contribution in [1.82, 2.24) is 15.1 Å². The summed E-state index contributed by atoms with van der Waals surface area (Å²) in [6.07, 6.45) is 2.05. The van der Waals surface area contributed by atoms with Gasteiger partial charge in [0.1, 0.15) is 0 Å². The topological polar surface area (TPSA) is 58.6 Å². The van der Waals surface area contributed by atoms with Crippen molar-refractivity contribution in [3.8, 4) is 0 Å². The van der Waals surface area contributed by atoms with Crippen LogP contribution >= 0.6 is 0 Å². The average Bonchev–Trinajstić information content (AvgIpc) is 2.62. The fourth-order valence-corrected chi connectivity index (χ4v) is 2.45. The van der Waals surface area contributed by atoms with Crippen LogP contribution in [0.15, 0.2) is 4.99 Å². The Morgan fingerprint density at radius 2 is 2.00 bits per heavy atom. The minimum Gasteiger partial charge on any atom is -0.383 e. The quantitative estimate of drug-likeness (QED) is 0.319. The third-order valence-corrected chi connectivity index (χ3v) is 3.90. The third kappa shape index (κ3) is 10.1. The number of hydrogen-bond donors (Lipinski definition) is 1. The maximum Gasteiger partial charge on any atom is 0.194 e. The number of guanidine groups is 1. The Balaban J connectivity index is 2.30. The van der Waals surface area contributed by atoms with Gasteiger partial charge in [0.25, 0.3) is 0 Å². The molecule has 0 amide bonds. The number of aliphatic imine (C=N–C) groups is 1. The van der Waals surface area contributed by atoms with E-state index in [4.69, 9.17) is 19.2 Å². The molecule has 1 aliphatic heterocycles. The highest BCUT2D eigenvalue weighted by atomic mass is 16.5. The molecule has 0 unspecified atom stereocenters. The first-order chi connectivity index (χ1) is 11.8. The molecule has 142 valence electrons. The Hall–Kier alpha value is -0.890. The van der Waals surface area contributed by atoms with Gasteiger partial charge in [-0.3, -0.25) is 4.99 Å². The Bertz CT molecular complexity index is 323. The monoisotopic (exact) mass is 344 g/mol. The van der Waals surface area contributed by atoms with Crippen molar-refractivity contribution in [3.63, 3.8) is 0 Å². The van der Waals surface area contributed by atoms with Crippen molar-refractivity contribution in [2.24, 2.45) is 4.99 Å². The molecule has 0 radical (unpaired) electrons. The SMILES string of the molecule is CCOCCCN=C(NCCCN(C)CCOC)N1CCOCC1. The first-order valence-electron chi connectivity index (χ1n) is 9.14. The maximum atomic E-state index is 5.44. The first-order valence-corrected chi connectivity index (χ1v) is 9.14. The molecular formula is C17H36N4O3. The van der Waals surface area contributed by atoms with Gasteiger partial charge in [-0.15, -0.1) is 0 Å². The Kier molecular flexibility index (Phi) is 12.7. The maximum absolute atomic E-state index is 5.44. The smallest absolute Gasteiger partial charge is 0.194 e. The van der Waals surface area contributed by atoms with Crippen molar-refractivity contribution < 1.29 is 14.2 Å². The summed E-state index contributed by atoms with van der Waals surface area (Å²) in [5.41, 5.74) is 0. The molecule has 1 fully saturated rings. The average molecular weight is 345 g/mol. The van der Waals surface area contributed by atoms with Gasteiger partial charge in [-0.2, -0.15) is 0 Å². The minimum atomic E-state index is 0.773. The van der Waals surface area contributed by atoms with Crippen LogP contribution in [0.25, 0.3) is 0 Å². The van der Waals surface area contributed by atoms with Crippen molar-refractivity contribution in [2.75, 3.05) is 86.5 Å². The number of nitrogens with zero attached hydrogens (tertiary/aromatic N) is 3. The lowest BCUT2D eigenvalue weighted by Gasteiger charge is -2.30. The molecule has 24 heavy (non-hydrogen) atoms. The van der Waals surface area contributed by atoms with Crippen LogP contribution in [0.4, 0.5) is 0 Å². The van der Waals surface area contributed by atoms with E-state index >= 15 is 0 Å². The van der Waals surface area contributed by atoms with E-state index in [2.05, 4.69) is 22.2 Å². The van der Waals surface area contributed by atoms with E-state index < -0.39 is 0 Å². The first kappa shape index (κ1) is 21.2. The van der Waals surface area contributed by atoms with E-state index in [9.17, 15) is 0 Å². The summed E-state index contributed by atoms with van der Waals surface area (Å²) in [4.78, 5) is 9.33. The van der Waals surface area contributed by atoms with Gasteiger partial charge in [0.05, 0.1) is 19.8 Å². The highest BCUT2D eigenvalue weighted by Crippen LogP contribution is 1.99. The molecule has 0 aromatic heterocycles. The second-order valence-electron chi connectivity index (χ2n) is 5.93. The molecule has 0 spiro atoms. The van der Waals surface area contributed by atoms with Gasteiger partial charge < -0.3 is 29.3 Å². The lowest BCUT2D eigenvalue weighted by Crippen LogP contribution is -2.47. The van der Waals surface area contributed by atoms with Gasteiger partial charge in [0.2, 0.25) is 0 Å². The van der Waals surface area contributed by atoms with Crippen molar-refractivity contribution in [3.05, 3.63) is 0 Å². The van der Waals surface area contributed by atoms with Crippen LogP contribution in [0.1, 0.15) is 19.8 Å². The van der Waals surface area contributed by atoms with Gasteiger partial charge in [-0.25, -0.2) is 0 Å². The van der Waals surface area contributed by atoms with E-state index in [1.165, 1.54) is 0 Å². The zero-order valence-electron chi connectivity index (χ0n) is 15.8. The number of rotatable bonds is 12. The van der Waals surface area contributed by atoms with Crippen molar-refractivity contribution in [1.29, 1.82) is 0 Å². The van der Waals surface area contributed by atoms with E-state index in [0.717, 1.165) is 91.1 Å². The fourth-order valence-electron chi connectivity index (χ4n) is 2.45. The van der Waals surface area contributed by atoms with Gasteiger partial charge in [-0.05, 0) is 33.4 Å². The largest absolute Gasteiger partial charge is 0.383 e. The lowest BCUT2D eigenvalue weighted by atomic mass is 10.3. The molecule has 0 atom stereocenters. The lowest BCUT2D eigenvalue weighted by molar-refractivity contribution is 0.0663. The second-order valence-corrected chi connectivity index (χ2v) is 5.93. The van der Waals surface area contributed by atoms with Gasteiger partial charge in [0.15, 0.2) is 5.96 Å². The Morgan fingerprint density at radius 3 is 2.71 bits per heavy atom. The predicted molar refractivity (Wildman–Crippen MR) is 97.8 cm³/mol. The van der Waals surface area contributed by atoms with Gasteiger partial charge >= 0.3 is 0 Å². The fraction of sp³-hybridized carbons (Fsp3) is 0.941. The molecule has 0 bridgehead atoms. The van der Waals surface area contributed by atoms with E-state index in [1.54, 1.807) is 7.11 Å². The van der Waals surface area contributed by atoms with Crippen LogP contribution in [-0.4, -0.2) is 102 Å². The number of likely N-dealkylation sites (N-methyl/N-ethyl adjacent to an activating group) is 1. The van der Waals surface area contributed by atoms with E-state index in [-0.39, 0.29) is 0 Å². The standard InChI is InChI=1S/C17H36N4O3/c1-4-23-13-6-8-19-17(21-11-15-24-16-12-21)18-7-5-9-20(2)10-14-22-3/h4-16H2,1-3H3,(H,18,19). The highest BCUT2D eigenvalue weighted by Gasteiger charge is 2.14. The van der Waals surface area contributed by atoms with Gasteiger partial charge in [0, 0.05) is 53.0 Å². The van der Waals surface area contributed by atoms with Crippen LogP contribution in [-0.2, 0) is 14.2 Å². The zero-order chi connectivity index (χ0) is 17.5. The molecular weight excluding hydrogens is 308 g/mol. The number of methoxy groups -OCH3 is 1. The van der Waals surface area contributed by atoms with Crippen molar-refractivity contribution in [2.45, 2.75) is 19.8 Å². The second kappa shape index (κ2) is 14.5. The molecule has 0 aliphatic carbocycles. The Labute approximate surface area is 147 Å². The van der Waals surface area contributed by atoms with Crippen LogP contribution in [0.3, 0.4) is 0 Å². The molecule has 0 saturated carbocycles. The molecule has 1 N–H and O–H groups in total. The molecule has 0 aromatic carbocycles. The van der Waals surface area contributed by atoms with Crippen LogP contribution in [0, 0.1) is 0 Å². The summed E-state index contributed by atoms with van der Waals surface area (Å²) in [7, 11) is 3.87. The van der Waals surface area contributed by atoms with E-state index in [1.807, 2.05) is 6.92 Å². The summed E-state index contributed by atoms with van der Waals surface area (Å²) < 4.78 is 15.9.